The fourth-order valence-electron chi connectivity index (χ4n) is 2.70. The summed E-state index contributed by atoms with van der Waals surface area (Å²) in [6.45, 7) is 3.57. The molecule has 10 heteroatoms. The van der Waals surface area contributed by atoms with Gasteiger partial charge >= 0.3 is 0 Å². The Balaban J connectivity index is 2.00. The maximum absolute atomic E-state index is 13.4. The highest BCUT2D eigenvalue weighted by Crippen LogP contribution is 2.33. The zero-order chi connectivity index (χ0) is 22.6. The summed E-state index contributed by atoms with van der Waals surface area (Å²) in [6.07, 6.45) is 2.81. The van der Waals surface area contributed by atoms with Crippen LogP contribution in [0.15, 0.2) is 78.3 Å². The molecule has 3 rings (SSSR count). The number of halogens is 3. The monoisotopic (exact) mass is 495 g/mol. The minimum absolute atomic E-state index is 0.0396. The lowest BCUT2D eigenvalue weighted by Gasteiger charge is -2.24. The first-order chi connectivity index (χ1) is 14.7. The van der Waals surface area contributed by atoms with E-state index in [1.54, 1.807) is 30.3 Å². The molecule has 0 aliphatic carbocycles. The second-order valence-corrected chi connectivity index (χ2v) is 9.32. The molecule has 6 nitrogen and oxygen atoms in total. The summed E-state index contributed by atoms with van der Waals surface area (Å²) in [5, 5.41) is 3.20. The van der Waals surface area contributed by atoms with Crippen LogP contribution in [0.3, 0.4) is 0 Å². The van der Waals surface area contributed by atoms with Gasteiger partial charge in [0.1, 0.15) is 10.7 Å². The lowest BCUT2D eigenvalue weighted by molar-refractivity contribution is 0.102. The fraction of sp³-hybridized carbons (Fsp3) is 0.0476. The Bertz CT molecular complexity index is 1230. The largest absolute Gasteiger partial charge is 0.307 e. The maximum atomic E-state index is 13.4. The van der Waals surface area contributed by atoms with Crippen molar-refractivity contribution in [3.05, 3.63) is 94.1 Å². The van der Waals surface area contributed by atoms with Crippen LogP contribution in [0.25, 0.3) is 0 Å². The van der Waals surface area contributed by atoms with E-state index in [4.69, 9.17) is 34.8 Å². The number of pyridine rings is 1. The first-order valence-corrected chi connectivity index (χ1v) is 11.4. The number of benzene rings is 2. The maximum Gasteiger partial charge on any atom is 0.266 e. The number of amides is 1. The van der Waals surface area contributed by atoms with Crippen molar-refractivity contribution in [2.24, 2.45) is 0 Å². The van der Waals surface area contributed by atoms with Gasteiger partial charge in [0, 0.05) is 11.8 Å². The summed E-state index contributed by atoms with van der Waals surface area (Å²) in [6, 6.07) is 13.6. The number of hydrogen-bond donors (Lipinski definition) is 1. The molecule has 0 aliphatic rings. The van der Waals surface area contributed by atoms with Crippen LogP contribution in [-0.4, -0.2) is 25.9 Å². The van der Waals surface area contributed by atoms with Crippen LogP contribution in [0, 0.1) is 0 Å². The predicted molar refractivity (Wildman–Crippen MR) is 125 cm³/mol. The van der Waals surface area contributed by atoms with E-state index < -0.39 is 15.9 Å². The highest BCUT2D eigenvalue weighted by molar-refractivity contribution is 7.93. The lowest BCUT2D eigenvalue weighted by atomic mass is 10.2. The molecule has 0 radical (unpaired) electrons. The Morgan fingerprint density at radius 2 is 1.81 bits per heavy atom. The summed E-state index contributed by atoms with van der Waals surface area (Å²) in [5.74, 6) is -0.297. The number of hydrogen-bond acceptors (Lipinski definition) is 4. The van der Waals surface area contributed by atoms with Crippen molar-refractivity contribution in [1.29, 1.82) is 0 Å². The van der Waals surface area contributed by atoms with Gasteiger partial charge in [-0.05, 0) is 42.5 Å². The average Bonchev–Trinajstić information content (AvgIpc) is 2.74. The quantitative estimate of drug-likeness (QED) is 0.427. The molecule has 0 spiro atoms. The molecule has 160 valence electrons. The van der Waals surface area contributed by atoms with Gasteiger partial charge in [0.2, 0.25) is 0 Å². The number of carbonyl (C=O) groups is 1. The smallest absolute Gasteiger partial charge is 0.266 e. The Morgan fingerprint density at radius 3 is 2.45 bits per heavy atom. The minimum Gasteiger partial charge on any atom is -0.307 e. The fourth-order valence-corrected chi connectivity index (χ4v) is 5.05. The molecule has 2 aromatic carbocycles. The lowest BCUT2D eigenvalue weighted by Crippen LogP contribution is -2.32. The Kier molecular flexibility index (Phi) is 7.23. The second kappa shape index (κ2) is 9.70. The number of sulfonamides is 1. The molecule has 3 aromatic rings. The average molecular weight is 497 g/mol. The van der Waals surface area contributed by atoms with Crippen molar-refractivity contribution in [2.75, 3.05) is 16.2 Å². The van der Waals surface area contributed by atoms with Crippen LogP contribution in [0.4, 0.5) is 11.5 Å². The van der Waals surface area contributed by atoms with E-state index in [0.29, 0.717) is 5.02 Å². The number of para-hydroxylation sites is 1. The van der Waals surface area contributed by atoms with Crippen LogP contribution >= 0.6 is 34.8 Å². The van der Waals surface area contributed by atoms with Crippen LogP contribution in [-0.2, 0) is 10.0 Å². The van der Waals surface area contributed by atoms with E-state index in [1.165, 1.54) is 36.5 Å². The van der Waals surface area contributed by atoms with Gasteiger partial charge in [-0.1, -0.05) is 53.0 Å². The topological polar surface area (TPSA) is 79.4 Å². The van der Waals surface area contributed by atoms with Gasteiger partial charge in [-0.25, -0.2) is 13.4 Å². The third kappa shape index (κ3) is 5.19. The molecular weight excluding hydrogens is 481 g/mol. The van der Waals surface area contributed by atoms with E-state index in [-0.39, 0.29) is 38.6 Å². The first-order valence-electron chi connectivity index (χ1n) is 8.84. The molecule has 0 atom stereocenters. The van der Waals surface area contributed by atoms with Crippen molar-refractivity contribution >= 4 is 62.2 Å². The van der Waals surface area contributed by atoms with Crippen molar-refractivity contribution in [1.82, 2.24) is 4.98 Å². The van der Waals surface area contributed by atoms with Gasteiger partial charge in [0.05, 0.1) is 27.3 Å². The molecule has 1 N–H and O–H groups in total. The van der Waals surface area contributed by atoms with Crippen molar-refractivity contribution in [2.45, 2.75) is 4.90 Å². The molecule has 1 aromatic heterocycles. The van der Waals surface area contributed by atoms with Gasteiger partial charge in [-0.15, -0.1) is 6.58 Å². The molecular formula is C21H16Cl3N3O3S. The Hall–Kier alpha value is -2.58. The van der Waals surface area contributed by atoms with E-state index >= 15 is 0 Å². The van der Waals surface area contributed by atoms with E-state index in [9.17, 15) is 13.2 Å². The second-order valence-electron chi connectivity index (χ2n) is 6.24. The van der Waals surface area contributed by atoms with Crippen LogP contribution in [0.2, 0.25) is 15.1 Å². The summed E-state index contributed by atoms with van der Waals surface area (Å²) < 4.78 is 28.0. The predicted octanol–water partition coefficient (Wildman–Crippen LogP) is 5.68. The number of carbonyl (C=O) groups excluding carboxylic acids is 1. The molecule has 1 amide bonds. The molecule has 0 fully saturated rings. The molecule has 0 aliphatic heterocycles. The molecule has 0 bridgehead atoms. The first kappa shape index (κ1) is 23.1. The van der Waals surface area contributed by atoms with Crippen molar-refractivity contribution in [3.63, 3.8) is 0 Å². The summed E-state index contributed by atoms with van der Waals surface area (Å²) in [5.41, 5.74) is 0.345. The standard InChI is InChI=1S/C21H16Cl3N3O3S/c1-2-11-27(18-6-4-3-5-16(18)23)31(29,30)19-12-14(7-9-17(19)24)21(28)26-20-10-8-15(22)13-25-20/h2-10,12-13H,1,11H2,(H,25,26,28). The van der Waals surface area contributed by atoms with E-state index in [1.807, 2.05) is 0 Å². The number of aromatic nitrogens is 1. The van der Waals surface area contributed by atoms with Gasteiger partial charge in [-0.2, -0.15) is 0 Å². The van der Waals surface area contributed by atoms with Gasteiger partial charge < -0.3 is 5.32 Å². The minimum atomic E-state index is -4.17. The highest BCUT2D eigenvalue weighted by Gasteiger charge is 2.28. The highest BCUT2D eigenvalue weighted by atomic mass is 35.5. The van der Waals surface area contributed by atoms with E-state index in [2.05, 4.69) is 16.9 Å². The van der Waals surface area contributed by atoms with Crippen LogP contribution < -0.4 is 9.62 Å². The van der Waals surface area contributed by atoms with Crippen LogP contribution in [0.1, 0.15) is 10.4 Å². The molecule has 0 saturated heterocycles. The Morgan fingerprint density at radius 1 is 1.06 bits per heavy atom. The van der Waals surface area contributed by atoms with Crippen molar-refractivity contribution < 1.29 is 13.2 Å². The zero-order valence-corrected chi connectivity index (χ0v) is 19.0. The number of nitrogens with zero attached hydrogens (tertiary/aromatic N) is 2. The summed E-state index contributed by atoms with van der Waals surface area (Å²) >= 11 is 18.2. The molecule has 1 heterocycles. The van der Waals surface area contributed by atoms with Gasteiger partial charge in [0.25, 0.3) is 15.9 Å². The van der Waals surface area contributed by atoms with Crippen molar-refractivity contribution in [3.8, 4) is 0 Å². The van der Waals surface area contributed by atoms with Crippen LogP contribution in [0.5, 0.6) is 0 Å². The summed E-state index contributed by atoms with van der Waals surface area (Å²) in [7, 11) is -4.17. The Labute approximate surface area is 195 Å². The number of rotatable bonds is 7. The SMILES string of the molecule is C=CCN(c1ccccc1Cl)S(=O)(=O)c1cc(C(=O)Nc2ccc(Cl)cn2)ccc1Cl. The molecule has 31 heavy (non-hydrogen) atoms. The zero-order valence-electron chi connectivity index (χ0n) is 15.9. The number of nitrogens with one attached hydrogen (secondary N) is 1. The third-order valence-corrected chi connectivity index (χ3v) is 6.95. The van der Waals surface area contributed by atoms with Gasteiger partial charge in [0.15, 0.2) is 0 Å². The third-order valence-electron chi connectivity index (χ3n) is 4.15. The molecule has 0 unspecified atom stereocenters. The molecule has 0 saturated carbocycles. The normalized spacial score (nSPS) is 11.1. The summed E-state index contributed by atoms with van der Waals surface area (Å²) in [4.78, 5) is 16.4. The van der Waals surface area contributed by atoms with E-state index in [0.717, 1.165) is 4.31 Å². The number of anilines is 2. The van der Waals surface area contributed by atoms with Gasteiger partial charge in [-0.3, -0.25) is 9.10 Å².